The third kappa shape index (κ3) is 7.95. The third-order valence-corrected chi connectivity index (χ3v) is 6.52. The lowest BCUT2D eigenvalue weighted by Crippen LogP contribution is -2.50. The van der Waals surface area contributed by atoms with Crippen molar-refractivity contribution in [3.05, 3.63) is 0 Å². The van der Waals surface area contributed by atoms with Crippen molar-refractivity contribution in [2.45, 2.75) is 82.9 Å². The maximum Gasteiger partial charge on any atom is 0.191 e. The van der Waals surface area contributed by atoms with Crippen LogP contribution in [0.4, 0.5) is 0 Å². The fourth-order valence-electron chi connectivity index (χ4n) is 4.82. The number of hydrogen-bond donors (Lipinski definition) is 3. The van der Waals surface area contributed by atoms with E-state index < -0.39 is 0 Å². The van der Waals surface area contributed by atoms with Gasteiger partial charge in [-0.15, -0.1) is 24.0 Å². The van der Waals surface area contributed by atoms with Crippen LogP contribution in [0.15, 0.2) is 4.99 Å². The Bertz CT molecular complexity index is 442. The van der Waals surface area contributed by atoms with Crippen molar-refractivity contribution in [3.63, 3.8) is 0 Å². The lowest BCUT2D eigenvalue weighted by molar-refractivity contribution is 0.0824. The number of guanidine groups is 1. The first-order valence-electron chi connectivity index (χ1n) is 11.4. The van der Waals surface area contributed by atoms with Gasteiger partial charge >= 0.3 is 0 Å². The molecular weight excluding hydrogens is 465 g/mol. The number of aliphatic hydroxyl groups excluding tert-OH is 1. The van der Waals surface area contributed by atoms with E-state index >= 15 is 0 Å². The molecule has 0 aromatic carbocycles. The molecule has 2 heterocycles. The molecule has 2 saturated heterocycles. The molecular formula is C21H42IN5O. The lowest BCUT2D eigenvalue weighted by Gasteiger charge is -2.36. The van der Waals surface area contributed by atoms with Gasteiger partial charge in [-0.1, -0.05) is 12.8 Å². The number of halogens is 1. The first-order chi connectivity index (χ1) is 13.2. The van der Waals surface area contributed by atoms with Crippen molar-refractivity contribution < 1.29 is 5.11 Å². The van der Waals surface area contributed by atoms with E-state index in [0.29, 0.717) is 6.04 Å². The first kappa shape index (κ1) is 24.2. The number of aliphatic hydroxyl groups is 1. The van der Waals surface area contributed by atoms with Gasteiger partial charge in [0, 0.05) is 51.4 Å². The van der Waals surface area contributed by atoms with Crippen LogP contribution in [0.2, 0.25) is 0 Å². The molecule has 0 radical (unpaired) electrons. The predicted octanol–water partition coefficient (Wildman–Crippen LogP) is 2.41. The maximum absolute atomic E-state index is 9.60. The van der Waals surface area contributed by atoms with Crippen LogP contribution in [-0.2, 0) is 0 Å². The highest BCUT2D eigenvalue weighted by molar-refractivity contribution is 14.0. The first-order valence-corrected chi connectivity index (χ1v) is 11.4. The van der Waals surface area contributed by atoms with Gasteiger partial charge in [0.05, 0.1) is 6.10 Å². The summed E-state index contributed by atoms with van der Waals surface area (Å²) in [6.45, 7) is 9.55. The fourth-order valence-corrected chi connectivity index (χ4v) is 4.82. The van der Waals surface area contributed by atoms with Gasteiger partial charge in [-0.3, -0.25) is 4.99 Å². The molecule has 1 saturated carbocycles. The molecule has 28 heavy (non-hydrogen) atoms. The van der Waals surface area contributed by atoms with Crippen LogP contribution in [0.1, 0.15) is 64.7 Å². The van der Waals surface area contributed by atoms with E-state index in [1.807, 2.05) is 0 Å². The summed E-state index contributed by atoms with van der Waals surface area (Å²) < 4.78 is 0. The van der Waals surface area contributed by atoms with Crippen molar-refractivity contribution in [2.24, 2.45) is 4.99 Å². The van der Waals surface area contributed by atoms with Gasteiger partial charge in [-0.05, 0) is 58.4 Å². The zero-order valence-electron chi connectivity index (χ0n) is 17.7. The number of hydrogen-bond acceptors (Lipinski definition) is 4. The molecule has 0 unspecified atom stereocenters. The van der Waals surface area contributed by atoms with Gasteiger partial charge in [0.15, 0.2) is 5.96 Å². The summed E-state index contributed by atoms with van der Waals surface area (Å²) in [5.74, 6) is 0.992. The average molecular weight is 508 g/mol. The molecule has 164 valence electrons. The second-order valence-corrected chi connectivity index (χ2v) is 8.58. The summed E-state index contributed by atoms with van der Waals surface area (Å²) >= 11 is 0. The van der Waals surface area contributed by atoms with Crippen LogP contribution < -0.4 is 10.6 Å². The van der Waals surface area contributed by atoms with E-state index in [-0.39, 0.29) is 30.1 Å². The molecule has 2 aliphatic heterocycles. The summed E-state index contributed by atoms with van der Waals surface area (Å²) in [5, 5.41) is 16.7. The zero-order chi connectivity index (χ0) is 18.9. The quantitative estimate of drug-likeness (QED) is 0.214. The molecule has 7 heteroatoms. The number of nitrogens with zero attached hydrogens (tertiary/aromatic N) is 3. The molecule has 3 aliphatic rings. The fraction of sp³-hybridized carbons (Fsp3) is 0.952. The molecule has 0 bridgehead atoms. The van der Waals surface area contributed by atoms with E-state index in [1.165, 1.54) is 51.6 Å². The van der Waals surface area contributed by atoms with E-state index in [1.54, 1.807) is 0 Å². The van der Waals surface area contributed by atoms with Crippen molar-refractivity contribution in [2.75, 3.05) is 45.8 Å². The topological polar surface area (TPSA) is 63.1 Å². The number of piperidine rings is 2. The molecule has 6 nitrogen and oxygen atoms in total. The SMILES string of the molecule is CCNC(=NCCCN1CCC(O)CC1)NC1CCN(C2CCCC2)CC1.I. The molecule has 3 fully saturated rings. The minimum absolute atomic E-state index is 0. The summed E-state index contributed by atoms with van der Waals surface area (Å²) in [4.78, 5) is 9.99. The average Bonchev–Trinajstić information content (AvgIpc) is 3.22. The Morgan fingerprint density at radius 3 is 2.32 bits per heavy atom. The minimum Gasteiger partial charge on any atom is -0.393 e. The zero-order valence-corrected chi connectivity index (χ0v) is 20.1. The summed E-state index contributed by atoms with van der Waals surface area (Å²) in [5.41, 5.74) is 0. The van der Waals surface area contributed by atoms with Crippen molar-refractivity contribution in [3.8, 4) is 0 Å². The van der Waals surface area contributed by atoms with Gasteiger partial charge < -0.3 is 25.5 Å². The number of nitrogens with one attached hydrogen (secondary N) is 2. The Kier molecular flexibility index (Phi) is 11.4. The summed E-state index contributed by atoms with van der Waals surface area (Å²) in [6, 6.07) is 1.42. The smallest absolute Gasteiger partial charge is 0.191 e. The van der Waals surface area contributed by atoms with Crippen molar-refractivity contribution in [1.29, 1.82) is 0 Å². The molecule has 0 amide bonds. The highest BCUT2D eigenvalue weighted by Gasteiger charge is 2.27. The second-order valence-electron chi connectivity index (χ2n) is 8.58. The van der Waals surface area contributed by atoms with E-state index in [4.69, 9.17) is 4.99 Å². The van der Waals surface area contributed by atoms with Gasteiger partial charge in [-0.2, -0.15) is 0 Å². The Hall–Kier alpha value is -0.120. The Morgan fingerprint density at radius 2 is 1.68 bits per heavy atom. The van der Waals surface area contributed by atoms with Crippen LogP contribution in [0.5, 0.6) is 0 Å². The lowest BCUT2D eigenvalue weighted by atomic mass is 10.0. The van der Waals surface area contributed by atoms with Crippen LogP contribution >= 0.6 is 24.0 Å². The maximum atomic E-state index is 9.60. The number of likely N-dealkylation sites (tertiary alicyclic amines) is 2. The van der Waals surface area contributed by atoms with Gasteiger partial charge in [0.1, 0.15) is 0 Å². The van der Waals surface area contributed by atoms with E-state index in [0.717, 1.165) is 64.0 Å². The Morgan fingerprint density at radius 1 is 1.00 bits per heavy atom. The molecule has 0 atom stereocenters. The predicted molar refractivity (Wildman–Crippen MR) is 128 cm³/mol. The standard InChI is InChI=1S/C21H41N5O.HI/c1-2-22-21(23-12-5-13-25-14-10-20(27)11-15-25)24-18-8-16-26(17-9-18)19-6-3-4-7-19;/h18-20,27H,2-17H2,1H3,(H2,22,23,24);1H. The largest absolute Gasteiger partial charge is 0.393 e. The highest BCUT2D eigenvalue weighted by Crippen LogP contribution is 2.26. The molecule has 3 rings (SSSR count). The summed E-state index contributed by atoms with van der Waals surface area (Å²) in [6.07, 6.45) is 11.0. The monoisotopic (exact) mass is 507 g/mol. The molecule has 0 aromatic rings. The Labute approximate surface area is 188 Å². The molecule has 1 aliphatic carbocycles. The van der Waals surface area contributed by atoms with E-state index in [9.17, 15) is 5.11 Å². The minimum atomic E-state index is -0.0797. The molecule has 0 aromatic heterocycles. The Balaban J connectivity index is 0.00000280. The van der Waals surface area contributed by atoms with Crippen molar-refractivity contribution in [1.82, 2.24) is 20.4 Å². The normalized spacial score (nSPS) is 24.3. The van der Waals surface area contributed by atoms with E-state index in [2.05, 4.69) is 27.4 Å². The molecule has 3 N–H and O–H groups in total. The van der Waals surface area contributed by atoms with Crippen LogP contribution in [0, 0.1) is 0 Å². The van der Waals surface area contributed by atoms with Crippen LogP contribution in [0.3, 0.4) is 0 Å². The van der Waals surface area contributed by atoms with Crippen LogP contribution in [-0.4, -0.2) is 84.9 Å². The van der Waals surface area contributed by atoms with Crippen molar-refractivity contribution >= 4 is 29.9 Å². The van der Waals surface area contributed by atoms with Gasteiger partial charge in [-0.25, -0.2) is 0 Å². The van der Waals surface area contributed by atoms with Crippen LogP contribution in [0.25, 0.3) is 0 Å². The number of aliphatic imine (C=N–C) groups is 1. The number of rotatable bonds is 7. The molecule has 0 spiro atoms. The van der Waals surface area contributed by atoms with Gasteiger partial charge in [0.2, 0.25) is 0 Å². The summed E-state index contributed by atoms with van der Waals surface area (Å²) in [7, 11) is 0. The highest BCUT2D eigenvalue weighted by atomic mass is 127. The van der Waals surface area contributed by atoms with Gasteiger partial charge in [0.25, 0.3) is 0 Å². The second kappa shape index (κ2) is 13.2. The third-order valence-electron chi connectivity index (χ3n) is 6.52.